The first-order chi connectivity index (χ1) is 11.0. The van der Waals surface area contributed by atoms with Crippen LogP contribution < -0.4 is 9.47 Å². The number of rotatable bonds is 10. The summed E-state index contributed by atoms with van der Waals surface area (Å²) in [6.07, 6.45) is 9.04. The zero-order valence-electron chi connectivity index (χ0n) is 16.3. The lowest BCUT2D eigenvalue weighted by molar-refractivity contribution is 0.387. The first kappa shape index (κ1) is 19.9. The Hall–Kier alpha value is -1.18. The Kier molecular flexibility index (Phi) is 8.51. The summed E-state index contributed by atoms with van der Waals surface area (Å²) >= 11 is 0. The summed E-state index contributed by atoms with van der Waals surface area (Å²) in [7, 11) is 3.55. The maximum atomic E-state index is 5.73. The van der Waals surface area contributed by atoms with Crippen molar-refractivity contribution in [1.29, 1.82) is 0 Å². The van der Waals surface area contributed by atoms with Crippen molar-refractivity contribution >= 4 is 0 Å². The average molecular weight is 321 g/mol. The van der Waals surface area contributed by atoms with Crippen LogP contribution in [0.4, 0.5) is 0 Å². The summed E-state index contributed by atoms with van der Waals surface area (Å²) in [5.41, 5.74) is 4.97. The molecular formula is C21H36O2. The van der Waals surface area contributed by atoms with E-state index in [2.05, 4.69) is 34.6 Å². The van der Waals surface area contributed by atoms with Crippen molar-refractivity contribution in [1.82, 2.24) is 0 Å². The standard InChI is InChI=1S/C21H36O2/c1-8-9-10-11-12-15(2)13-14-19-18(5)20(22-6)16(3)17(4)21(19)23-7/h15H,8-14H2,1-7H3. The molecule has 132 valence electrons. The Labute approximate surface area is 143 Å². The van der Waals surface area contributed by atoms with E-state index < -0.39 is 0 Å². The fourth-order valence-corrected chi connectivity index (χ4v) is 3.49. The molecule has 0 aliphatic rings. The van der Waals surface area contributed by atoms with E-state index in [1.807, 2.05) is 0 Å². The lowest BCUT2D eigenvalue weighted by Gasteiger charge is -2.21. The van der Waals surface area contributed by atoms with Gasteiger partial charge in [0.1, 0.15) is 11.5 Å². The van der Waals surface area contributed by atoms with E-state index in [1.165, 1.54) is 60.8 Å². The topological polar surface area (TPSA) is 18.5 Å². The van der Waals surface area contributed by atoms with Crippen LogP contribution in [-0.2, 0) is 6.42 Å². The van der Waals surface area contributed by atoms with Crippen molar-refractivity contribution in [3.05, 3.63) is 22.3 Å². The van der Waals surface area contributed by atoms with Crippen molar-refractivity contribution in [2.45, 2.75) is 79.6 Å². The first-order valence-corrected chi connectivity index (χ1v) is 9.18. The van der Waals surface area contributed by atoms with Crippen molar-refractivity contribution in [3.8, 4) is 11.5 Å². The minimum absolute atomic E-state index is 0.767. The molecule has 0 saturated carbocycles. The number of hydrogen-bond acceptors (Lipinski definition) is 2. The molecule has 1 rings (SSSR count). The first-order valence-electron chi connectivity index (χ1n) is 9.18. The summed E-state index contributed by atoms with van der Waals surface area (Å²) in [6, 6.07) is 0. The molecule has 0 aliphatic carbocycles. The Morgan fingerprint density at radius 2 is 1.39 bits per heavy atom. The summed E-state index contributed by atoms with van der Waals surface area (Å²) in [6.45, 7) is 11.1. The van der Waals surface area contributed by atoms with Gasteiger partial charge in [-0.1, -0.05) is 46.0 Å². The molecule has 0 fully saturated rings. The zero-order valence-corrected chi connectivity index (χ0v) is 16.3. The third-order valence-electron chi connectivity index (χ3n) is 5.16. The van der Waals surface area contributed by atoms with Gasteiger partial charge in [-0.05, 0) is 56.2 Å². The Bertz CT molecular complexity index is 491. The summed E-state index contributed by atoms with van der Waals surface area (Å²) < 4.78 is 11.4. The van der Waals surface area contributed by atoms with E-state index in [0.29, 0.717) is 0 Å². The quantitative estimate of drug-likeness (QED) is 0.480. The predicted octanol–water partition coefficient (Wildman–Crippen LogP) is 6.17. The van der Waals surface area contributed by atoms with Crippen molar-refractivity contribution in [3.63, 3.8) is 0 Å². The Morgan fingerprint density at radius 3 is 1.96 bits per heavy atom. The lowest BCUT2D eigenvalue weighted by atomic mass is 9.90. The van der Waals surface area contributed by atoms with Gasteiger partial charge in [0.25, 0.3) is 0 Å². The van der Waals surface area contributed by atoms with Gasteiger partial charge in [-0.15, -0.1) is 0 Å². The van der Waals surface area contributed by atoms with E-state index in [9.17, 15) is 0 Å². The third kappa shape index (κ3) is 5.16. The Balaban J connectivity index is 2.81. The van der Waals surface area contributed by atoms with Gasteiger partial charge in [-0.25, -0.2) is 0 Å². The molecule has 2 nitrogen and oxygen atoms in total. The van der Waals surface area contributed by atoms with E-state index in [1.54, 1.807) is 14.2 Å². The van der Waals surface area contributed by atoms with Crippen LogP contribution >= 0.6 is 0 Å². The molecule has 2 heteroatoms. The minimum Gasteiger partial charge on any atom is -0.496 e. The fraction of sp³-hybridized carbons (Fsp3) is 0.714. The number of unbranched alkanes of at least 4 members (excludes halogenated alkanes) is 3. The molecule has 0 aromatic heterocycles. The highest BCUT2D eigenvalue weighted by molar-refractivity contribution is 5.58. The molecule has 1 atom stereocenters. The normalized spacial score (nSPS) is 12.3. The maximum Gasteiger partial charge on any atom is 0.125 e. The molecule has 0 amide bonds. The number of ether oxygens (including phenoxy) is 2. The number of benzene rings is 1. The van der Waals surface area contributed by atoms with Crippen LogP contribution in [0.2, 0.25) is 0 Å². The average Bonchev–Trinajstić information content (AvgIpc) is 2.54. The molecule has 1 unspecified atom stereocenters. The second kappa shape index (κ2) is 9.85. The SMILES string of the molecule is CCCCCCC(C)CCc1c(C)c(OC)c(C)c(C)c1OC. The molecule has 0 aliphatic heterocycles. The van der Waals surface area contributed by atoms with E-state index in [4.69, 9.17) is 9.47 Å². The molecule has 0 spiro atoms. The summed E-state index contributed by atoms with van der Waals surface area (Å²) in [4.78, 5) is 0. The molecule has 0 saturated heterocycles. The summed E-state index contributed by atoms with van der Waals surface area (Å²) in [5, 5.41) is 0. The van der Waals surface area contributed by atoms with Crippen LogP contribution in [-0.4, -0.2) is 14.2 Å². The molecule has 1 aromatic rings. The molecule has 23 heavy (non-hydrogen) atoms. The molecule has 0 bridgehead atoms. The number of hydrogen-bond donors (Lipinski definition) is 0. The fourth-order valence-electron chi connectivity index (χ4n) is 3.49. The highest BCUT2D eigenvalue weighted by atomic mass is 16.5. The van der Waals surface area contributed by atoms with Gasteiger partial charge in [0.15, 0.2) is 0 Å². The zero-order chi connectivity index (χ0) is 17.4. The van der Waals surface area contributed by atoms with Crippen LogP contribution in [0.15, 0.2) is 0 Å². The molecule has 0 radical (unpaired) electrons. The monoisotopic (exact) mass is 320 g/mol. The van der Waals surface area contributed by atoms with E-state index in [-0.39, 0.29) is 0 Å². The van der Waals surface area contributed by atoms with E-state index >= 15 is 0 Å². The highest BCUT2D eigenvalue weighted by Crippen LogP contribution is 2.38. The van der Waals surface area contributed by atoms with Crippen molar-refractivity contribution < 1.29 is 9.47 Å². The molecule has 0 heterocycles. The van der Waals surface area contributed by atoms with Gasteiger partial charge >= 0.3 is 0 Å². The van der Waals surface area contributed by atoms with Gasteiger partial charge in [0.05, 0.1) is 14.2 Å². The second-order valence-electron chi connectivity index (χ2n) is 6.91. The van der Waals surface area contributed by atoms with Crippen LogP contribution in [0, 0.1) is 26.7 Å². The van der Waals surface area contributed by atoms with Gasteiger partial charge in [0.2, 0.25) is 0 Å². The predicted molar refractivity (Wildman–Crippen MR) is 100 cm³/mol. The van der Waals surface area contributed by atoms with Crippen LogP contribution in [0.5, 0.6) is 11.5 Å². The second-order valence-corrected chi connectivity index (χ2v) is 6.91. The van der Waals surface area contributed by atoms with E-state index in [0.717, 1.165) is 23.8 Å². The highest BCUT2D eigenvalue weighted by Gasteiger charge is 2.19. The van der Waals surface area contributed by atoms with Crippen LogP contribution in [0.1, 0.15) is 74.6 Å². The van der Waals surface area contributed by atoms with Crippen molar-refractivity contribution in [2.75, 3.05) is 14.2 Å². The van der Waals surface area contributed by atoms with Gasteiger partial charge in [-0.3, -0.25) is 0 Å². The smallest absolute Gasteiger partial charge is 0.125 e. The maximum absolute atomic E-state index is 5.73. The lowest BCUT2D eigenvalue weighted by Crippen LogP contribution is -2.06. The van der Waals surface area contributed by atoms with Crippen LogP contribution in [0.3, 0.4) is 0 Å². The van der Waals surface area contributed by atoms with Crippen molar-refractivity contribution in [2.24, 2.45) is 5.92 Å². The third-order valence-corrected chi connectivity index (χ3v) is 5.16. The molecular weight excluding hydrogens is 284 g/mol. The largest absolute Gasteiger partial charge is 0.496 e. The molecule has 1 aromatic carbocycles. The summed E-state index contributed by atoms with van der Waals surface area (Å²) in [5.74, 6) is 2.84. The van der Waals surface area contributed by atoms with Gasteiger partial charge in [0, 0.05) is 5.56 Å². The Morgan fingerprint density at radius 1 is 0.783 bits per heavy atom. The number of methoxy groups -OCH3 is 2. The van der Waals surface area contributed by atoms with Gasteiger partial charge < -0.3 is 9.47 Å². The van der Waals surface area contributed by atoms with Gasteiger partial charge in [-0.2, -0.15) is 0 Å². The van der Waals surface area contributed by atoms with Crippen LogP contribution in [0.25, 0.3) is 0 Å². The minimum atomic E-state index is 0.767. The molecule has 0 N–H and O–H groups in total.